The van der Waals surface area contributed by atoms with Gasteiger partial charge in [0.15, 0.2) is 5.52 Å². The lowest BCUT2D eigenvalue weighted by molar-refractivity contribution is -0.137. The largest absolute Gasteiger partial charge is 0.417 e. The zero-order valence-electron chi connectivity index (χ0n) is 20.3. The average Bonchev–Trinajstić information content (AvgIpc) is 3.68. The lowest BCUT2D eigenvalue weighted by Crippen LogP contribution is -2.51. The summed E-state index contributed by atoms with van der Waals surface area (Å²) in [6, 6.07) is 3.69. The monoisotopic (exact) mass is 541 g/mol. The molecule has 0 saturated heterocycles. The maximum atomic E-state index is 13.5. The number of hydrogen-bond acceptors (Lipinski definition) is 4. The summed E-state index contributed by atoms with van der Waals surface area (Å²) in [5, 5.41) is 4.05. The van der Waals surface area contributed by atoms with Gasteiger partial charge in [0.05, 0.1) is 38.3 Å². The van der Waals surface area contributed by atoms with Gasteiger partial charge in [0, 0.05) is 13.1 Å². The Bertz CT molecular complexity index is 1440. The van der Waals surface area contributed by atoms with Gasteiger partial charge in [-0.25, -0.2) is 13.9 Å². The van der Waals surface area contributed by atoms with Crippen LogP contribution in [0.15, 0.2) is 29.3 Å². The van der Waals surface area contributed by atoms with E-state index >= 15 is 0 Å². The summed E-state index contributed by atoms with van der Waals surface area (Å²) in [6.07, 6.45) is 0.154. The minimum atomic E-state index is -4.62. The fourth-order valence-electron chi connectivity index (χ4n) is 4.69. The van der Waals surface area contributed by atoms with Crippen LogP contribution in [0, 0.1) is 5.92 Å². The highest BCUT2D eigenvalue weighted by Gasteiger charge is 2.53. The number of rotatable bonds is 6. The lowest BCUT2D eigenvalue weighted by atomic mass is 9.81. The van der Waals surface area contributed by atoms with E-state index in [1.807, 2.05) is 0 Å². The minimum Gasteiger partial charge on any atom is -0.294 e. The molecule has 2 aliphatic rings. The van der Waals surface area contributed by atoms with E-state index in [1.165, 1.54) is 23.1 Å². The number of benzene rings is 1. The van der Waals surface area contributed by atoms with Crippen molar-refractivity contribution in [1.82, 2.24) is 24.1 Å². The lowest BCUT2D eigenvalue weighted by Gasteiger charge is -2.38. The summed E-state index contributed by atoms with van der Waals surface area (Å²) in [5.41, 5.74) is -1.05. The summed E-state index contributed by atoms with van der Waals surface area (Å²) in [6.45, 7) is 5.42. The van der Waals surface area contributed by atoms with E-state index in [9.17, 15) is 22.2 Å². The van der Waals surface area contributed by atoms with E-state index in [-0.39, 0.29) is 23.0 Å². The highest BCUT2D eigenvalue weighted by molar-refractivity contribution is 7.84. The van der Waals surface area contributed by atoms with Gasteiger partial charge in [0.25, 0.3) is 5.56 Å². The molecular formula is C24H27ClF3N5O2S. The van der Waals surface area contributed by atoms with Crippen LogP contribution in [0.1, 0.15) is 69.3 Å². The Morgan fingerprint density at radius 1 is 1.11 bits per heavy atom. The zero-order valence-corrected chi connectivity index (χ0v) is 21.9. The summed E-state index contributed by atoms with van der Waals surface area (Å²) >= 11 is 6.16. The van der Waals surface area contributed by atoms with Crippen molar-refractivity contribution in [1.29, 1.82) is 0 Å². The Balaban J connectivity index is 1.79. The van der Waals surface area contributed by atoms with Gasteiger partial charge in [-0.3, -0.25) is 14.0 Å². The first kappa shape index (κ1) is 25.4. The molecule has 0 amide bonds. The topological polar surface area (TPSA) is 81.8 Å². The van der Waals surface area contributed by atoms with Gasteiger partial charge < -0.3 is 0 Å². The molecule has 5 rings (SSSR count). The molecule has 2 atom stereocenters. The minimum absolute atomic E-state index is 0.105. The van der Waals surface area contributed by atoms with Gasteiger partial charge >= 0.3 is 6.18 Å². The first-order valence-electron chi connectivity index (χ1n) is 11.8. The summed E-state index contributed by atoms with van der Waals surface area (Å²) < 4.78 is 59.7. The molecule has 2 unspecified atom stereocenters. The third-order valence-electron chi connectivity index (χ3n) is 6.81. The zero-order chi connectivity index (χ0) is 26.2. The molecule has 2 aromatic heterocycles. The quantitative estimate of drug-likeness (QED) is 0.484. The van der Waals surface area contributed by atoms with E-state index in [4.69, 9.17) is 11.6 Å². The van der Waals surface area contributed by atoms with Crippen LogP contribution in [-0.4, -0.2) is 28.3 Å². The van der Waals surface area contributed by atoms with Gasteiger partial charge in [0.2, 0.25) is 0 Å². The molecule has 2 heterocycles. The second kappa shape index (κ2) is 8.39. The predicted octanol–water partition coefficient (Wildman–Crippen LogP) is 4.84. The van der Waals surface area contributed by atoms with Crippen LogP contribution < -0.4 is 10.3 Å². The molecule has 0 aliphatic heterocycles. The number of aromatic nitrogens is 4. The van der Waals surface area contributed by atoms with Crippen LogP contribution in [0.25, 0.3) is 11.0 Å². The molecular weight excluding hydrogens is 515 g/mol. The van der Waals surface area contributed by atoms with Gasteiger partial charge in [-0.1, -0.05) is 17.7 Å². The predicted molar refractivity (Wildman–Crippen MR) is 132 cm³/mol. The number of aryl methyl sites for hydroxylation is 1. The van der Waals surface area contributed by atoms with Crippen molar-refractivity contribution < 1.29 is 17.4 Å². The van der Waals surface area contributed by atoms with E-state index in [1.54, 1.807) is 32.4 Å². The Morgan fingerprint density at radius 2 is 1.78 bits per heavy atom. The number of fused-ring (bicyclic) bond motifs is 1. The molecule has 194 valence electrons. The highest BCUT2D eigenvalue weighted by atomic mass is 35.5. The Morgan fingerprint density at radius 3 is 2.31 bits per heavy atom. The highest BCUT2D eigenvalue weighted by Crippen LogP contribution is 2.52. The molecule has 0 bridgehead atoms. The second-order valence-electron chi connectivity index (χ2n) is 10.6. The summed E-state index contributed by atoms with van der Waals surface area (Å²) in [7, 11) is 0.0418. The van der Waals surface area contributed by atoms with Gasteiger partial charge in [-0.2, -0.15) is 18.3 Å². The fraction of sp³-hybridized carbons (Fsp3) is 0.542. The fourth-order valence-corrected chi connectivity index (χ4v) is 5.96. The molecule has 3 aromatic rings. The number of halogens is 4. The van der Waals surface area contributed by atoms with Crippen molar-refractivity contribution in [2.75, 3.05) is 0 Å². The van der Waals surface area contributed by atoms with Crippen molar-refractivity contribution in [2.45, 2.75) is 69.0 Å². The third kappa shape index (κ3) is 4.18. The Hall–Kier alpha value is -2.24. The first-order valence-corrected chi connectivity index (χ1v) is 13.3. The molecule has 0 spiro atoms. The van der Waals surface area contributed by atoms with E-state index < -0.39 is 38.0 Å². The molecule has 12 heteroatoms. The van der Waals surface area contributed by atoms with Crippen LogP contribution in [0.2, 0.25) is 5.02 Å². The number of alkyl halides is 3. The standard InChI is InChI=1S/C24H27ClF3N5O2S/c1-22(2,3)36(35)31-23(13-5-6-13,14-7-10-16(17(25)11-14)24(26,27)28)20-18-19(30-32(20)4)21(34)33(12-29-18)15-8-9-15/h7,10-13,15,31H,5-6,8-9H2,1-4H3. The molecule has 2 aliphatic carbocycles. The second-order valence-corrected chi connectivity index (χ2v) is 13.0. The number of nitrogens with zero attached hydrogens (tertiary/aromatic N) is 4. The molecule has 2 fully saturated rings. The third-order valence-corrected chi connectivity index (χ3v) is 8.75. The average molecular weight is 542 g/mol. The van der Waals surface area contributed by atoms with Gasteiger partial charge in [-0.05, 0) is 70.1 Å². The smallest absolute Gasteiger partial charge is 0.294 e. The Kier molecular flexibility index (Phi) is 5.92. The number of nitrogens with one attached hydrogen (secondary N) is 1. The van der Waals surface area contributed by atoms with Crippen LogP contribution in [0.4, 0.5) is 13.2 Å². The molecule has 7 nitrogen and oxygen atoms in total. The van der Waals surface area contributed by atoms with Gasteiger partial charge in [0.1, 0.15) is 11.1 Å². The van der Waals surface area contributed by atoms with Crippen molar-refractivity contribution >= 4 is 33.6 Å². The molecule has 2 saturated carbocycles. The van der Waals surface area contributed by atoms with E-state index in [2.05, 4.69) is 14.8 Å². The van der Waals surface area contributed by atoms with Gasteiger partial charge in [-0.15, -0.1) is 0 Å². The molecule has 36 heavy (non-hydrogen) atoms. The van der Waals surface area contributed by atoms with Crippen LogP contribution in [0.5, 0.6) is 0 Å². The molecule has 0 radical (unpaired) electrons. The SMILES string of the molecule is Cn1nc2c(=O)n(C3CC3)cnc2c1C(NS(=O)C(C)(C)C)(c1ccc(C(F)(F)F)c(Cl)c1)C1CC1. The molecule has 1 N–H and O–H groups in total. The first-order chi connectivity index (χ1) is 16.7. The van der Waals surface area contributed by atoms with Crippen molar-refractivity contribution in [2.24, 2.45) is 13.0 Å². The molecule has 1 aromatic carbocycles. The van der Waals surface area contributed by atoms with Crippen LogP contribution in [0.3, 0.4) is 0 Å². The number of hydrogen-bond donors (Lipinski definition) is 1. The van der Waals surface area contributed by atoms with E-state index in [0.717, 1.165) is 31.7 Å². The van der Waals surface area contributed by atoms with Crippen LogP contribution >= 0.6 is 11.6 Å². The maximum absolute atomic E-state index is 13.5. The normalized spacial score (nSPS) is 19.4. The van der Waals surface area contributed by atoms with Crippen molar-refractivity contribution in [3.05, 3.63) is 56.7 Å². The van der Waals surface area contributed by atoms with Crippen molar-refractivity contribution in [3.63, 3.8) is 0 Å². The Labute approximate surface area is 213 Å². The van der Waals surface area contributed by atoms with Crippen molar-refractivity contribution in [3.8, 4) is 0 Å². The van der Waals surface area contributed by atoms with Crippen LogP contribution in [-0.2, 0) is 29.7 Å². The van der Waals surface area contributed by atoms with E-state index in [0.29, 0.717) is 16.8 Å². The summed E-state index contributed by atoms with van der Waals surface area (Å²) in [5.74, 6) is -0.122. The maximum Gasteiger partial charge on any atom is 0.417 e. The summed E-state index contributed by atoms with van der Waals surface area (Å²) in [4.78, 5) is 17.8.